The number of nitrogens with zero attached hydrogens (tertiary/aromatic N) is 3. The molecule has 5 rings (SSSR count). The van der Waals surface area contributed by atoms with E-state index < -0.39 is 0 Å². The molecule has 1 aliphatic rings. The van der Waals surface area contributed by atoms with Gasteiger partial charge in [-0.05, 0) is 25.1 Å². The highest BCUT2D eigenvalue weighted by Crippen LogP contribution is 2.42. The molecule has 2 aromatic carbocycles. The van der Waals surface area contributed by atoms with Crippen LogP contribution < -0.4 is 15.0 Å². The summed E-state index contributed by atoms with van der Waals surface area (Å²) >= 11 is 0. The summed E-state index contributed by atoms with van der Waals surface area (Å²) in [6.07, 6.45) is 1.88. The fourth-order valence-corrected chi connectivity index (χ4v) is 4.38. The summed E-state index contributed by atoms with van der Waals surface area (Å²) in [5.74, 6) is 0.691. The lowest BCUT2D eigenvalue weighted by molar-refractivity contribution is 0.104. The van der Waals surface area contributed by atoms with Crippen LogP contribution in [0, 0.1) is 6.92 Å². The average Bonchev–Trinajstić information content (AvgIpc) is 3.34. The maximum Gasteiger partial charge on any atom is 0.262 e. The molecule has 0 bridgehead atoms. The molecule has 2 heterocycles. The van der Waals surface area contributed by atoms with Crippen molar-refractivity contribution < 1.29 is 14.3 Å². The maximum absolute atomic E-state index is 13.8. The Balaban J connectivity index is 1.83. The fourth-order valence-electron chi connectivity index (χ4n) is 4.38. The smallest absolute Gasteiger partial charge is 0.262 e. The van der Waals surface area contributed by atoms with Crippen molar-refractivity contribution in [3.05, 3.63) is 75.8 Å². The number of fused-ring (bicyclic) bond motifs is 5. The second kappa shape index (κ2) is 7.12. The molecule has 0 unspecified atom stereocenters. The van der Waals surface area contributed by atoms with E-state index in [2.05, 4.69) is 5.10 Å². The number of carbonyl (C=O) groups excluding carboxylic acids is 1. The predicted molar refractivity (Wildman–Crippen MR) is 117 cm³/mol. The van der Waals surface area contributed by atoms with Gasteiger partial charge in [0.2, 0.25) is 0 Å². The minimum Gasteiger partial charge on any atom is -0.493 e. The molecule has 0 aliphatic heterocycles. The van der Waals surface area contributed by atoms with Gasteiger partial charge in [-0.25, -0.2) is 0 Å². The number of rotatable bonds is 5. The van der Waals surface area contributed by atoms with Gasteiger partial charge >= 0.3 is 0 Å². The normalized spacial score (nSPS) is 12.2. The summed E-state index contributed by atoms with van der Waals surface area (Å²) in [5, 5.41) is 5.34. The number of aryl methyl sites for hydroxylation is 2. The molecular weight excluding hydrogens is 394 g/mol. The largest absolute Gasteiger partial charge is 0.493 e. The molecule has 156 valence electrons. The third-order valence-corrected chi connectivity index (χ3v) is 5.76. The van der Waals surface area contributed by atoms with Crippen LogP contribution in [0.5, 0.6) is 11.5 Å². The van der Waals surface area contributed by atoms with Gasteiger partial charge in [-0.3, -0.25) is 14.3 Å². The molecule has 4 aromatic rings. The molecule has 0 saturated heterocycles. The Labute approximate surface area is 178 Å². The van der Waals surface area contributed by atoms with Gasteiger partial charge in [0.25, 0.3) is 5.56 Å². The molecule has 0 atom stereocenters. The molecule has 2 aromatic heterocycles. The van der Waals surface area contributed by atoms with Gasteiger partial charge in [0.15, 0.2) is 17.3 Å². The monoisotopic (exact) mass is 415 g/mol. The van der Waals surface area contributed by atoms with E-state index in [0.717, 1.165) is 11.3 Å². The van der Waals surface area contributed by atoms with Crippen LogP contribution in [0.3, 0.4) is 0 Å². The molecule has 7 heteroatoms. The number of methoxy groups -OCH3 is 2. The first-order valence-electron chi connectivity index (χ1n) is 10.0. The lowest BCUT2D eigenvalue weighted by Gasteiger charge is -2.17. The summed E-state index contributed by atoms with van der Waals surface area (Å²) in [5.41, 5.74) is 3.22. The molecule has 0 radical (unpaired) electrons. The van der Waals surface area contributed by atoms with Gasteiger partial charge in [0, 0.05) is 29.3 Å². The van der Waals surface area contributed by atoms with Gasteiger partial charge in [-0.2, -0.15) is 5.10 Å². The van der Waals surface area contributed by atoms with E-state index in [1.165, 1.54) is 14.2 Å². The van der Waals surface area contributed by atoms with E-state index in [4.69, 9.17) is 9.47 Å². The van der Waals surface area contributed by atoms with Crippen molar-refractivity contribution in [1.29, 1.82) is 0 Å². The van der Waals surface area contributed by atoms with Crippen molar-refractivity contribution in [2.24, 2.45) is 0 Å². The Morgan fingerprint density at radius 1 is 0.935 bits per heavy atom. The number of ketones is 1. The average molecular weight is 415 g/mol. The molecule has 0 saturated carbocycles. The van der Waals surface area contributed by atoms with E-state index in [1.807, 2.05) is 37.4 Å². The van der Waals surface area contributed by atoms with Crippen LogP contribution in [-0.2, 0) is 13.1 Å². The molecule has 0 N–H and O–H groups in total. The molecule has 1 aliphatic carbocycles. The third-order valence-electron chi connectivity index (χ3n) is 5.76. The third kappa shape index (κ3) is 2.77. The van der Waals surface area contributed by atoms with Crippen molar-refractivity contribution in [3.8, 4) is 22.8 Å². The topological polar surface area (TPSA) is 75.3 Å². The Morgan fingerprint density at radius 3 is 2.39 bits per heavy atom. The second-order valence-corrected chi connectivity index (χ2v) is 7.50. The van der Waals surface area contributed by atoms with Crippen LogP contribution in [0.25, 0.3) is 22.0 Å². The highest BCUT2D eigenvalue weighted by atomic mass is 16.5. The van der Waals surface area contributed by atoms with Crippen LogP contribution in [0.15, 0.2) is 53.5 Å². The molecule has 0 fully saturated rings. The summed E-state index contributed by atoms with van der Waals surface area (Å²) in [4.78, 5) is 27.2. The number of aromatic nitrogens is 3. The SMILES string of the molecule is COc1ccc2c3c(n(CCn4ccc(C)n4)c(=O)c2c1OC)-c1ccccc1C3=O. The van der Waals surface area contributed by atoms with Crippen molar-refractivity contribution in [1.82, 2.24) is 14.3 Å². The maximum atomic E-state index is 13.8. The van der Waals surface area contributed by atoms with Crippen molar-refractivity contribution in [2.75, 3.05) is 14.2 Å². The van der Waals surface area contributed by atoms with Gasteiger partial charge in [-0.1, -0.05) is 24.3 Å². The summed E-state index contributed by atoms with van der Waals surface area (Å²) in [7, 11) is 3.02. The molecule has 31 heavy (non-hydrogen) atoms. The zero-order valence-corrected chi connectivity index (χ0v) is 17.5. The number of carbonyl (C=O) groups is 1. The van der Waals surface area contributed by atoms with E-state index >= 15 is 0 Å². The van der Waals surface area contributed by atoms with Crippen molar-refractivity contribution >= 4 is 16.6 Å². The minimum absolute atomic E-state index is 0.0912. The number of hydrogen-bond acceptors (Lipinski definition) is 5. The summed E-state index contributed by atoms with van der Waals surface area (Å²) in [6, 6.07) is 12.8. The Bertz CT molecular complexity index is 1410. The second-order valence-electron chi connectivity index (χ2n) is 7.50. The van der Waals surface area contributed by atoms with Gasteiger partial charge < -0.3 is 14.0 Å². The van der Waals surface area contributed by atoms with E-state index in [0.29, 0.717) is 52.2 Å². The van der Waals surface area contributed by atoms with Crippen LogP contribution in [0.4, 0.5) is 0 Å². The molecular formula is C24H21N3O4. The summed E-state index contributed by atoms with van der Waals surface area (Å²) < 4.78 is 14.4. The Hall–Kier alpha value is -3.87. The van der Waals surface area contributed by atoms with E-state index in [9.17, 15) is 9.59 Å². The first kappa shape index (κ1) is 19.1. The quantitative estimate of drug-likeness (QED) is 0.440. The highest BCUT2D eigenvalue weighted by Gasteiger charge is 2.33. The molecule has 0 spiro atoms. The van der Waals surface area contributed by atoms with Crippen molar-refractivity contribution in [3.63, 3.8) is 0 Å². The summed E-state index contributed by atoms with van der Waals surface area (Å²) in [6.45, 7) is 2.77. The zero-order valence-electron chi connectivity index (χ0n) is 17.5. The van der Waals surface area contributed by atoms with E-state index in [1.54, 1.807) is 27.4 Å². The fraction of sp³-hybridized carbons (Fsp3) is 0.208. The lowest BCUT2D eigenvalue weighted by Crippen LogP contribution is -2.26. The highest BCUT2D eigenvalue weighted by molar-refractivity contribution is 6.27. The van der Waals surface area contributed by atoms with E-state index in [-0.39, 0.29) is 11.3 Å². The minimum atomic E-state index is -0.224. The van der Waals surface area contributed by atoms with Gasteiger partial charge in [0.1, 0.15) is 0 Å². The Kier molecular flexibility index (Phi) is 4.39. The zero-order chi connectivity index (χ0) is 21.7. The number of ether oxygens (including phenoxy) is 2. The van der Waals surface area contributed by atoms with Crippen molar-refractivity contribution in [2.45, 2.75) is 20.0 Å². The van der Waals surface area contributed by atoms with Crippen LogP contribution >= 0.6 is 0 Å². The van der Waals surface area contributed by atoms with Gasteiger partial charge in [-0.15, -0.1) is 0 Å². The molecule has 7 nitrogen and oxygen atoms in total. The van der Waals surface area contributed by atoms with Gasteiger partial charge in [0.05, 0.1) is 43.1 Å². The predicted octanol–water partition coefficient (Wildman–Crippen LogP) is 3.44. The number of pyridine rings is 1. The standard InChI is InChI=1S/C24H21N3O4/c1-14-10-11-26(25-14)12-13-27-21-15-6-4-5-7-16(15)22(28)19(21)17-8-9-18(30-2)23(31-3)20(17)24(27)29/h4-11H,12-13H2,1-3H3. The van der Waals surface area contributed by atoms with Crippen LogP contribution in [0.2, 0.25) is 0 Å². The number of hydrogen-bond donors (Lipinski definition) is 0. The first-order valence-corrected chi connectivity index (χ1v) is 10.0. The Morgan fingerprint density at radius 2 is 1.71 bits per heavy atom. The van der Waals surface area contributed by atoms with Crippen LogP contribution in [-0.4, -0.2) is 34.4 Å². The molecule has 0 amide bonds. The first-order chi connectivity index (χ1) is 15.0. The lowest BCUT2D eigenvalue weighted by atomic mass is 10.0. The van der Waals surface area contributed by atoms with Crippen LogP contribution in [0.1, 0.15) is 21.6 Å². The number of benzene rings is 2.